The van der Waals surface area contributed by atoms with Gasteiger partial charge in [0.1, 0.15) is 0 Å². The molecule has 1 aliphatic rings. The Labute approximate surface area is 160 Å². The minimum absolute atomic E-state index is 0.0512. The fraction of sp³-hybridized carbons (Fsp3) is 0.500. The second-order valence-corrected chi connectivity index (χ2v) is 6.80. The van der Waals surface area contributed by atoms with Crippen molar-refractivity contribution in [3.05, 3.63) is 29.8 Å². The highest BCUT2D eigenvalue weighted by molar-refractivity contribution is 5.91. The molecule has 1 aromatic rings. The van der Waals surface area contributed by atoms with Crippen molar-refractivity contribution in [3.8, 4) is 11.5 Å². The monoisotopic (exact) mass is 375 g/mol. The van der Waals surface area contributed by atoms with Gasteiger partial charge in [0.15, 0.2) is 11.5 Å². The number of amides is 3. The summed E-state index contributed by atoms with van der Waals surface area (Å²) in [7, 11) is 6.69. The van der Waals surface area contributed by atoms with Gasteiger partial charge in [-0.15, -0.1) is 0 Å². The van der Waals surface area contributed by atoms with Gasteiger partial charge in [-0.25, -0.2) is 4.79 Å². The number of urea groups is 1. The van der Waals surface area contributed by atoms with Crippen molar-refractivity contribution in [2.75, 3.05) is 47.9 Å². The van der Waals surface area contributed by atoms with Crippen LogP contribution in [0.2, 0.25) is 0 Å². The molecular weight excluding hydrogens is 346 g/mol. The summed E-state index contributed by atoms with van der Waals surface area (Å²) in [5, 5.41) is 2.95. The number of ether oxygens (including phenoxy) is 2. The van der Waals surface area contributed by atoms with E-state index in [1.807, 2.05) is 17.0 Å². The molecule has 1 saturated heterocycles. The van der Waals surface area contributed by atoms with E-state index in [1.54, 1.807) is 45.4 Å². The van der Waals surface area contributed by atoms with Gasteiger partial charge in [-0.05, 0) is 42.5 Å². The number of nitrogens with one attached hydrogen (secondary N) is 1. The van der Waals surface area contributed by atoms with E-state index in [2.05, 4.69) is 5.32 Å². The molecule has 1 heterocycles. The lowest BCUT2D eigenvalue weighted by Crippen LogP contribution is -2.45. The maximum Gasteiger partial charge on any atom is 0.319 e. The highest BCUT2D eigenvalue weighted by Gasteiger charge is 2.23. The van der Waals surface area contributed by atoms with E-state index in [0.717, 1.165) is 31.5 Å². The number of benzene rings is 1. The summed E-state index contributed by atoms with van der Waals surface area (Å²) in [5.74, 6) is 1.54. The van der Waals surface area contributed by atoms with Gasteiger partial charge in [0.2, 0.25) is 5.91 Å². The molecule has 0 unspecified atom stereocenters. The van der Waals surface area contributed by atoms with Crippen molar-refractivity contribution in [3.63, 3.8) is 0 Å². The maximum atomic E-state index is 12.1. The Morgan fingerprint density at radius 1 is 1.19 bits per heavy atom. The average Bonchev–Trinajstić information content (AvgIpc) is 2.70. The normalized spacial score (nSPS) is 14.9. The Morgan fingerprint density at radius 2 is 1.85 bits per heavy atom. The minimum Gasteiger partial charge on any atom is -0.493 e. The zero-order valence-electron chi connectivity index (χ0n) is 16.5. The first-order valence-corrected chi connectivity index (χ1v) is 9.08. The topological polar surface area (TPSA) is 71.1 Å². The van der Waals surface area contributed by atoms with Crippen LogP contribution in [0.25, 0.3) is 6.08 Å². The highest BCUT2D eigenvalue weighted by atomic mass is 16.5. The zero-order chi connectivity index (χ0) is 19.8. The lowest BCUT2D eigenvalue weighted by molar-refractivity contribution is -0.116. The van der Waals surface area contributed by atoms with Gasteiger partial charge in [0, 0.05) is 39.8 Å². The minimum atomic E-state index is -0.128. The maximum absolute atomic E-state index is 12.1. The molecule has 3 amide bonds. The van der Waals surface area contributed by atoms with Crippen LogP contribution < -0.4 is 14.8 Å². The number of piperidine rings is 1. The molecule has 1 N–H and O–H groups in total. The number of nitrogens with zero attached hydrogens (tertiary/aromatic N) is 2. The molecule has 0 atom stereocenters. The molecule has 0 bridgehead atoms. The van der Waals surface area contributed by atoms with E-state index in [1.165, 1.54) is 6.08 Å². The quantitative estimate of drug-likeness (QED) is 0.774. The number of hydrogen-bond donors (Lipinski definition) is 1. The summed E-state index contributed by atoms with van der Waals surface area (Å²) < 4.78 is 10.5. The second kappa shape index (κ2) is 9.85. The molecule has 7 nitrogen and oxygen atoms in total. The lowest BCUT2D eigenvalue weighted by atomic mass is 9.97. The molecule has 0 saturated carbocycles. The molecule has 0 spiro atoms. The van der Waals surface area contributed by atoms with Crippen molar-refractivity contribution < 1.29 is 19.1 Å². The lowest BCUT2D eigenvalue weighted by Gasteiger charge is -2.33. The number of carbonyl (C=O) groups is 2. The standard InChI is InChI=1S/C20H29N3O4/c1-22(2)20(25)23-11-9-16(10-12-23)14-21-19(24)8-6-15-5-7-17(26-3)18(13-15)27-4/h5-8,13,16H,9-12,14H2,1-4H3,(H,21,24)/b8-6+. The predicted molar refractivity (Wildman–Crippen MR) is 105 cm³/mol. The van der Waals surface area contributed by atoms with Crippen LogP contribution in [-0.4, -0.2) is 69.7 Å². The van der Waals surface area contributed by atoms with Gasteiger partial charge < -0.3 is 24.6 Å². The predicted octanol–water partition coefficient (Wildman–Crippen LogP) is 2.23. The molecule has 7 heteroatoms. The van der Waals surface area contributed by atoms with Gasteiger partial charge in [0.05, 0.1) is 14.2 Å². The highest BCUT2D eigenvalue weighted by Crippen LogP contribution is 2.27. The molecule has 1 fully saturated rings. The van der Waals surface area contributed by atoms with E-state index in [9.17, 15) is 9.59 Å². The van der Waals surface area contributed by atoms with Crippen LogP contribution in [0.1, 0.15) is 18.4 Å². The van der Waals surface area contributed by atoms with Gasteiger partial charge in [-0.1, -0.05) is 6.07 Å². The first-order chi connectivity index (χ1) is 12.9. The van der Waals surface area contributed by atoms with Gasteiger partial charge in [0.25, 0.3) is 0 Å². The van der Waals surface area contributed by atoms with Gasteiger partial charge >= 0.3 is 6.03 Å². The van der Waals surface area contributed by atoms with Crippen molar-refractivity contribution in [2.45, 2.75) is 12.8 Å². The third-order valence-corrected chi connectivity index (χ3v) is 4.67. The largest absolute Gasteiger partial charge is 0.493 e. The van der Waals surface area contributed by atoms with Crippen molar-refractivity contribution >= 4 is 18.0 Å². The van der Waals surface area contributed by atoms with E-state index in [0.29, 0.717) is 24.0 Å². The van der Waals surface area contributed by atoms with E-state index in [-0.39, 0.29) is 11.9 Å². The third kappa shape index (κ3) is 5.91. The van der Waals surface area contributed by atoms with E-state index < -0.39 is 0 Å². The summed E-state index contributed by atoms with van der Waals surface area (Å²) >= 11 is 0. The molecule has 2 rings (SSSR count). The summed E-state index contributed by atoms with van der Waals surface area (Å²) in [6.45, 7) is 2.09. The number of likely N-dealkylation sites (tertiary alicyclic amines) is 1. The molecule has 0 aromatic heterocycles. The Hall–Kier alpha value is -2.70. The number of methoxy groups -OCH3 is 2. The van der Waals surface area contributed by atoms with Crippen LogP contribution in [0.3, 0.4) is 0 Å². The Morgan fingerprint density at radius 3 is 2.44 bits per heavy atom. The first-order valence-electron chi connectivity index (χ1n) is 9.08. The third-order valence-electron chi connectivity index (χ3n) is 4.67. The van der Waals surface area contributed by atoms with Crippen molar-refractivity contribution in [1.82, 2.24) is 15.1 Å². The molecule has 1 aliphatic heterocycles. The summed E-state index contributed by atoms with van der Waals surface area (Å²) in [5.41, 5.74) is 0.860. The second-order valence-electron chi connectivity index (χ2n) is 6.80. The molecular formula is C20H29N3O4. The fourth-order valence-electron chi connectivity index (χ4n) is 3.04. The summed E-state index contributed by atoms with van der Waals surface area (Å²) in [6.07, 6.45) is 5.07. The Kier molecular flexibility index (Phi) is 7.52. The van der Waals surface area contributed by atoms with Gasteiger partial charge in [-0.3, -0.25) is 4.79 Å². The summed E-state index contributed by atoms with van der Waals surface area (Å²) in [4.78, 5) is 27.5. The number of rotatable bonds is 6. The number of carbonyl (C=O) groups excluding carboxylic acids is 2. The van der Waals surface area contributed by atoms with Crippen LogP contribution in [-0.2, 0) is 4.79 Å². The van der Waals surface area contributed by atoms with E-state index in [4.69, 9.17) is 9.47 Å². The molecule has 0 radical (unpaired) electrons. The average molecular weight is 375 g/mol. The van der Waals surface area contributed by atoms with Crippen LogP contribution in [0.5, 0.6) is 11.5 Å². The molecule has 148 valence electrons. The smallest absolute Gasteiger partial charge is 0.319 e. The fourth-order valence-corrected chi connectivity index (χ4v) is 3.04. The van der Waals surface area contributed by atoms with Gasteiger partial charge in [-0.2, -0.15) is 0 Å². The molecule has 1 aromatic carbocycles. The van der Waals surface area contributed by atoms with Crippen molar-refractivity contribution in [1.29, 1.82) is 0 Å². The number of hydrogen-bond acceptors (Lipinski definition) is 4. The first kappa shape index (κ1) is 20.6. The summed E-state index contributed by atoms with van der Waals surface area (Å²) in [6, 6.07) is 5.54. The van der Waals surface area contributed by atoms with E-state index >= 15 is 0 Å². The molecule has 27 heavy (non-hydrogen) atoms. The Bertz CT molecular complexity index is 680. The van der Waals surface area contributed by atoms with Crippen molar-refractivity contribution in [2.24, 2.45) is 5.92 Å². The Balaban J connectivity index is 1.78. The van der Waals surface area contributed by atoms with Crippen LogP contribution in [0.4, 0.5) is 4.79 Å². The van der Waals surface area contributed by atoms with Crippen LogP contribution >= 0.6 is 0 Å². The zero-order valence-corrected chi connectivity index (χ0v) is 16.5. The van der Waals surface area contributed by atoms with Crippen LogP contribution in [0.15, 0.2) is 24.3 Å². The van der Waals surface area contributed by atoms with Crippen LogP contribution in [0, 0.1) is 5.92 Å². The molecule has 0 aliphatic carbocycles. The SMILES string of the molecule is COc1ccc(/C=C/C(=O)NCC2CCN(C(=O)N(C)C)CC2)cc1OC.